The van der Waals surface area contributed by atoms with Crippen LogP contribution in [-0.2, 0) is 10.9 Å². The number of nitrogens with zero attached hydrogens (tertiary/aromatic N) is 5. The monoisotopic (exact) mass is 493 g/mol. The highest BCUT2D eigenvalue weighted by Gasteiger charge is 2.31. The average molecular weight is 493 g/mol. The van der Waals surface area contributed by atoms with Crippen LogP contribution in [0.1, 0.15) is 23.0 Å². The zero-order valence-corrected chi connectivity index (χ0v) is 18.7. The predicted octanol–water partition coefficient (Wildman–Crippen LogP) is 3.32. The molecule has 1 saturated heterocycles. The van der Waals surface area contributed by atoms with Crippen LogP contribution in [0.3, 0.4) is 0 Å². The largest absolute Gasteiger partial charge is 0.416 e. The van der Waals surface area contributed by atoms with Crippen LogP contribution in [0.2, 0.25) is 0 Å². The van der Waals surface area contributed by atoms with Crippen LogP contribution in [0.15, 0.2) is 42.5 Å². The summed E-state index contributed by atoms with van der Waals surface area (Å²) in [4.78, 5) is 14.7. The number of rotatable bonds is 6. The van der Waals surface area contributed by atoms with Gasteiger partial charge in [0.15, 0.2) is 5.82 Å². The summed E-state index contributed by atoms with van der Waals surface area (Å²) in [5.74, 6) is -0.198. The van der Waals surface area contributed by atoms with Gasteiger partial charge in [-0.2, -0.15) is 17.9 Å². The van der Waals surface area contributed by atoms with E-state index in [0.29, 0.717) is 43.4 Å². The number of alkyl halides is 3. The summed E-state index contributed by atoms with van der Waals surface area (Å²) in [6.45, 7) is 3.86. The van der Waals surface area contributed by atoms with Gasteiger partial charge in [0.2, 0.25) is 0 Å². The van der Waals surface area contributed by atoms with E-state index in [9.17, 15) is 22.4 Å². The number of hydrogen-bond donors (Lipinski definition) is 2. The van der Waals surface area contributed by atoms with E-state index in [-0.39, 0.29) is 18.3 Å². The Kier molecular flexibility index (Phi) is 7.26. The highest BCUT2D eigenvalue weighted by molar-refractivity contribution is 5.89. The van der Waals surface area contributed by atoms with Gasteiger partial charge in [0.1, 0.15) is 11.5 Å². The minimum atomic E-state index is -4.43. The van der Waals surface area contributed by atoms with Gasteiger partial charge in [-0.25, -0.2) is 9.18 Å². The second-order valence-electron chi connectivity index (χ2n) is 7.92. The van der Waals surface area contributed by atoms with Crippen LogP contribution in [0.4, 0.5) is 28.0 Å². The Balaban J connectivity index is 1.46. The molecule has 2 aromatic carbocycles. The number of nitrogens with one attached hydrogen (secondary N) is 2. The lowest BCUT2D eigenvalue weighted by atomic mass is 10.0. The number of aryl methyl sites for hydroxylation is 1. The van der Waals surface area contributed by atoms with Gasteiger partial charge in [-0.05, 0) is 53.2 Å². The number of tetrazole rings is 1. The molecule has 186 valence electrons. The molecule has 9 nitrogen and oxygen atoms in total. The van der Waals surface area contributed by atoms with Crippen molar-refractivity contribution in [3.63, 3.8) is 0 Å². The van der Waals surface area contributed by atoms with Gasteiger partial charge in [-0.3, -0.25) is 4.90 Å². The number of amides is 2. The normalized spacial score (nSPS) is 15.6. The Labute approximate surface area is 198 Å². The Morgan fingerprint density at radius 2 is 1.86 bits per heavy atom. The lowest BCUT2D eigenvalue weighted by molar-refractivity contribution is -0.137. The van der Waals surface area contributed by atoms with Crippen LogP contribution in [0.25, 0.3) is 5.69 Å². The van der Waals surface area contributed by atoms with Gasteiger partial charge in [0.05, 0.1) is 24.8 Å². The number of urea groups is 1. The molecule has 2 heterocycles. The summed E-state index contributed by atoms with van der Waals surface area (Å²) in [7, 11) is 0. The molecule has 35 heavy (non-hydrogen) atoms. The first-order chi connectivity index (χ1) is 16.7. The molecule has 3 aromatic rings. The highest BCUT2D eigenvalue weighted by Crippen LogP contribution is 2.31. The van der Waals surface area contributed by atoms with Crippen molar-refractivity contribution in [1.82, 2.24) is 30.4 Å². The van der Waals surface area contributed by atoms with Gasteiger partial charge in [0, 0.05) is 25.3 Å². The van der Waals surface area contributed by atoms with E-state index in [1.165, 1.54) is 35.0 Å². The van der Waals surface area contributed by atoms with Crippen molar-refractivity contribution in [2.45, 2.75) is 19.1 Å². The van der Waals surface area contributed by atoms with Crippen molar-refractivity contribution >= 4 is 11.7 Å². The SMILES string of the molecule is Cc1nnnn1-c1cc(NC(=O)NCC(c2ccc(C(F)(F)F)cc2)N2CCOCC2)ccc1F. The van der Waals surface area contributed by atoms with Crippen molar-refractivity contribution in [2.24, 2.45) is 0 Å². The molecule has 0 bridgehead atoms. The van der Waals surface area contributed by atoms with E-state index in [1.807, 2.05) is 4.90 Å². The molecule has 13 heteroatoms. The summed E-state index contributed by atoms with van der Waals surface area (Å²) in [5.41, 5.74) is 0.281. The van der Waals surface area contributed by atoms with Crippen LogP contribution in [0, 0.1) is 12.7 Å². The Hall–Kier alpha value is -3.58. The quantitative estimate of drug-likeness (QED) is 0.512. The third-order valence-electron chi connectivity index (χ3n) is 5.62. The van der Waals surface area contributed by atoms with Gasteiger partial charge < -0.3 is 15.4 Å². The standard InChI is InChI=1S/C22H23F4N7O2/c1-14-29-30-31-33(14)19-12-17(6-7-18(19)23)28-21(34)27-13-20(32-8-10-35-11-9-32)15-2-4-16(5-3-15)22(24,25)26/h2-7,12,20H,8-11,13H2,1H3,(H2,27,28,34). The number of carbonyl (C=O) groups excluding carboxylic acids is 1. The molecule has 0 spiro atoms. The Morgan fingerprint density at radius 3 is 2.49 bits per heavy atom. The predicted molar refractivity (Wildman–Crippen MR) is 117 cm³/mol. The van der Waals surface area contributed by atoms with Crippen LogP contribution in [-0.4, -0.2) is 64.0 Å². The average Bonchev–Trinajstić information content (AvgIpc) is 3.26. The van der Waals surface area contributed by atoms with Crippen molar-refractivity contribution < 1.29 is 27.1 Å². The third-order valence-corrected chi connectivity index (χ3v) is 5.62. The number of hydrogen-bond acceptors (Lipinski definition) is 6. The Morgan fingerprint density at radius 1 is 1.14 bits per heavy atom. The molecular formula is C22H23F4N7O2. The molecule has 0 aliphatic carbocycles. The van der Waals surface area contributed by atoms with Crippen molar-refractivity contribution in [2.75, 3.05) is 38.2 Å². The van der Waals surface area contributed by atoms with Gasteiger partial charge in [0.25, 0.3) is 0 Å². The molecule has 4 rings (SSSR count). The summed E-state index contributed by atoms with van der Waals surface area (Å²) in [6, 6.07) is 7.97. The van der Waals surface area contributed by atoms with E-state index in [0.717, 1.165) is 12.1 Å². The molecular weight excluding hydrogens is 470 g/mol. The first kappa shape index (κ1) is 24.5. The van der Waals surface area contributed by atoms with Crippen LogP contribution < -0.4 is 10.6 Å². The van der Waals surface area contributed by atoms with Crippen LogP contribution >= 0.6 is 0 Å². The number of ether oxygens (including phenoxy) is 1. The number of halogens is 4. The third kappa shape index (κ3) is 5.92. The molecule has 1 aliphatic rings. The van der Waals surface area contributed by atoms with Crippen LogP contribution in [0.5, 0.6) is 0 Å². The topological polar surface area (TPSA) is 97.2 Å². The molecule has 1 unspecified atom stereocenters. The van der Waals surface area contributed by atoms with Gasteiger partial charge in [-0.1, -0.05) is 12.1 Å². The van der Waals surface area contributed by atoms with E-state index in [2.05, 4.69) is 26.2 Å². The lowest BCUT2D eigenvalue weighted by Gasteiger charge is -2.35. The molecule has 1 aliphatic heterocycles. The minimum Gasteiger partial charge on any atom is -0.379 e. The summed E-state index contributed by atoms with van der Waals surface area (Å²) < 4.78 is 59.8. The van der Waals surface area contributed by atoms with E-state index < -0.39 is 23.6 Å². The maximum Gasteiger partial charge on any atom is 0.416 e. The Bertz CT molecular complexity index is 1160. The van der Waals surface area contributed by atoms with Crippen molar-refractivity contribution in [1.29, 1.82) is 0 Å². The molecule has 2 amide bonds. The number of aromatic nitrogens is 4. The summed E-state index contributed by atoms with van der Waals surface area (Å²) in [6.07, 6.45) is -4.43. The minimum absolute atomic E-state index is 0.0706. The summed E-state index contributed by atoms with van der Waals surface area (Å²) in [5, 5.41) is 16.3. The highest BCUT2D eigenvalue weighted by atomic mass is 19.4. The molecule has 2 N–H and O–H groups in total. The number of carbonyl (C=O) groups is 1. The number of anilines is 1. The zero-order valence-electron chi connectivity index (χ0n) is 18.7. The molecule has 1 aromatic heterocycles. The molecule has 1 atom stereocenters. The number of morpholine rings is 1. The summed E-state index contributed by atoms with van der Waals surface area (Å²) >= 11 is 0. The number of benzene rings is 2. The van der Waals surface area contributed by atoms with Crippen molar-refractivity contribution in [3.8, 4) is 5.69 Å². The van der Waals surface area contributed by atoms with Crippen molar-refractivity contribution in [3.05, 3.63) is 65.2 Å². The fourth-order valence-electron chi connectivity index (χ4n) is 3.81. The maximum atomic E-state index is 14.3. The van der Waals surface area contributed by atoms with E-state index in [4.69, 9.17) is 4.74 Å². The second-order valence-corrected chi connectivity index (χ2v) is 7.92. The fourth-order valence-corrected chi connectivity index (χ4v) is 3.81. The molecule has 0 saturated carbocycles. The maximum absolute atomic E-state index is 14.3. The zero-order chi connectivity index (χ0) is 25.0. The second kappa shape index (κ2) is 10.4. The first-order valence-electron chi connectivity index (χ1n) is 10.8. The first-order valence-corrected chi connectivity index (χ1v) is 10.8. The molecule has 1 fully saturated rings. The smallest absolute Gasteiger partial charge is 0.379 e. The van der Waals surface area contributed by atoms with E-state index >= 15 is 0 Å². The van der Waals surface area contributed by atoms with E-state index in [1.54, 1.807) is 6.92 Å². The molecule has 0 radical (unpaired) electrons. The fraction of sp³-hybridized carbons (Fsp3) is 0.364. The van der Waals surface area contributed by atoms with Gasteiger partial charge in [-0.15, -0.1) is 5.10 Å². The van der Waals surface area contributed by atoms with Gasteiger partial charge >= 0.3 is 12.2 Å². The lowest BCUT2D eigenvalue weighted by Crippen LogP contribution is -2.44.